The lowest BCUT2D eigenvalue weighted by Gasteiger charge is -2.40. The van der Waals surface area contributed by atoms with E-state index in [1.54, 1.807) is 0 Å². The second kappa shape index (κ2) is 7.13. The first-order chi connectivity index (χ1) is 13.7. The van der Waals surface area contributed by atoms with Gasteiger partial charge < -0.3 is 5.32 Å². The van der Waals surface area contributed by atoms with Crippen molar-refractivity contribution in [2.45, 2.75) is 43.9 Å². The van der Waals surface area contributed by atoms with Gasteiger partial charge in [-0.2, -0.15) is 0 Å². The molecule has 3 nitrogen and oxygen atoms in total. The van der Waals surface area contributed by atoms with Gasteiger partial charge in [0.25, 0.3) is 0 Å². The Kier molecular flexibility index (Phi) is 4.60. The Hall–Kier alpha value is -1.97. The summed E-state index contributed by atoms with van der Waals surface area (Å²) in [6, 6.07) is 19.6. The number of rotatable bonds is 4. The average Bonchev–Trinajstić information content (AvgIpc) is 2.97. The summed E-state index contributed by atoms with van der Waals surface area (Å²) in [5.41, 5.74) is 4.26. The highest BCUT2D eigenvalue weighted by molar-refractivity contribution is 5.93. The van der Waals surface area contributed by atoms with Crippen molar-refractivity contribution in [1.82, 2.24) is 9.80 Å². The minimum absolute atomic E-state index is 0.165. The Bertz CT molecular complexity index is 852. The zero-order valence-electron chi connectivity index (χ0n) is 16.7. The molecule has 5 rings (SSSR count). The number of para-hydroxylation sites is 1. The zero-order chi connectivity index (χ0) is 19.0. The fraction of sp³-hybridized carbons (Fsp3) is 0.480. The van der Waals surface area contributed by atoms with Crippen LogP contribution < -0.4 is 9.80 Å². The number of carbonyl (C=O) groups excluding carboxylic acids is 1. The zero-order valence-corrected chi connectivity index (χ0v) is 16.7. The van der Waals surface area contributed by atoms with Gasteiger partial charge in [-0.05, 0) is 50.4 Å². The highest BCUT2D eigenvalue weighted by Gasteiger charge is 2.58. The van der Waals surface area contributed by atoms with Gasteiger partial charge in [0.15, 0.2) is 0 Å². The molecule has 2 fully saturated rings. The van der Waals surface area contributed by atoms with Crippen LogP contribution in [0.2, 0.25) is 0 Å². The lowest BCUT2D eigenvalue weighted by atomic mass is 9.74. The molecule has 146 valence electrons. The maximum atomic E-state index is 13.9. The first kappa shape index (κ1) is 18.1. The van der Waals surface area contributed by atoms with Gasteiger partial charge in [0.2, 0.25) is 0 Å². The third kappa shape index (κ3) is 2.84. The Balaban J connectivity index is 1.56. The molecule has 1 unspecified atom stereocenters. The lowest BCUT2D eigenvalue weighted by Crippen LogP contribution is -2.60. The van der Waals surface area contributed by atoms with Gasteiger partial charge in [-0.1, -0.05) is 55.0 Å². The summed E-state index contributed by atoms with van der Waals surface area (Å²) >= 11 is 0. The maximum Gasteiger partial charge on any atom is 0.321 e. The van der Waals surface area contributed by atoms with E-state index in [4.69, 9.17) is 0 Å². The predicted octanol–water partition coefficient (Wildman–Crippen LogP) is 4.20. The van der Waals surface area contributed by atoms with Crippen molar-refractivity contribution in [1.29, 1.82) is 0 Å². The number of fused-ring (bicyclic) bond motifs is 2. The molecule has 0 aromatic heterocycles. The number of quaternary nitrogens is 1. The fourth-order valence-electron chi connectivity index (χ4n) is 5.79. The molecule has 0 bridgehead atoms. The SMILES string of the molecule is O=C(C1CCC1)[N+]1(CCc2ccccc2)CC2(CCNCC2)c2ccccc21. The van der Waals surface area contributed by atoms with E-state index in [1.165, 1.54) is 23.2 Å². The topological polar surface area (TPSA) is 29.1 Å². The summed E-state index contributed by atoms with van der Waals surface area (Å²) in [6.07, 6.45) is 6.64. The molecule has 1 atom stereocenters. The number of amides is 1. The van der Waals surface area contributed by atoms with Crippen LogP contribution in [0.1, 0.15) is 43.2 Å². The Labute approximate surface area is 168 Å². The van der Waals surface area contributed by atoms with Gasteiger partial charge in [-0.3, -0.25) is 0 Å². The molecular weight excluding hydrogens is 344 g/mol. The summed E-state index contributed by atoms with van der Waals surface area (Å²) in [4.78, 5) is 13.9. The number of benzene rings is 2. The minimum atomic E-state index is 0.165. The minimum Gasteiger partial charge on any atom is -0.317 e. The van der Waals surface area contributed by atoms with Crippen LogP contribution >= 0.6 is 0 Å². The van der Waals surface area contributed by atoms with Crippen molar-refractivity contribution in [2.75, 3.05) is 26.2 Å². The van der Waals surface area contributed by atoms with E-state index in [0.717, 1.165) is 58.3 Å². The second-order valence-electron chi connectivity index (χ2n) is 9.10. The summed E-state index contributed by atoms with van der Waals surface area (Å²) in [5.74, 6) is 0.755. The Morgan fingerprint density at radius 1 is 1.00 bits per heavy atom. The summed E-state index contributed by atoms with van der Waals surface area (Å²) < 4.78 is 0.579. The normalized spacial score (nSPS) is 26.0. The molecule has 28 heavy (non-hydrogen) atoms. The molecular formula is C25H31N2O+. The number of piperidine rings is 1. The van der Waals surface area contributed by atoms with Crippen LogP contribution in [-0.4, -0.2) is 32.1 Å². The van der Waals surface area contributed by atoms with Crippen molar-refractivity contribution in [3.8, 4) is 0 Å². The van der Waals surface area contributed by atoms with Gasteiger partial charge in [0.1, 0.15) is 12.2 Å². The lowest BCUT2D eigenvalue weighted by molar-refractivity contribution is -0.137. The van der Waals surface area contributed by atoms with Crippen LogP contribution in [0.4, 0.5) is 5.69 Å². The van der Waals surface area contributed by atoms with Crippen molar-refractivity contribution in [3.05, 3.63) is 65.7 Å². The number of nitrogens with one attached hydrogen (secondary N) is 1. The smallest absolute Gasteiger partial charge is 0.317 e. The number of carbonyl (C=O) groups is 1. The van der Waals surface area contributed by atoms with Crippen LogP contribution in [-0.2, 0) is 16.6 Å². The first-order valence-electron chi connectivity index (χ1n) is 11.0. The Morgan fingerprint density at radius 2 is 1.71 bits per heavy atom. The summed E-state index contributed by atoms with van der Waals surface area (Å²) in [5, 5.41) is 3.53. The van der Waals surface area contributed by atoms with Crippen molar-refractivity contribution >= 4 is 11.6 Å². The van der Waals surface area contributed by atoms with Gasteiger partial charge in [-0.15, -0.1) is 0 Å². The van der Waals surface area contributed by atoms with Gasteiger partial charge in [-0.25, -0.2) is 9.28 Å². The van der Waals surface area contributed by atoms with E-state index in [2.05, 4.69) is 59.9 Å². The molecule has 0 radical (unpaired) electrons. The molecule has 2 aliphatic heterocycles. The number of hydrogen-bond acceptors (Lipinski definition) is 2. The van der Waals surface area contributed by atoms with Gasteiger partial charge in [0, 0.05) is 12.0 Å². The highest BCUT2D eigenvalue weighted by Crippen LogP contribution is 2.51. The largest absolute Gasteiger partial charge is 0.321 e. The molecule has 2 aromatic rings. The fourth-order valence-corrected chi connectivity index (χ4v) is 5.79. The van der Waals surface area contributed by atoms with Gasteiger partial charge in [0.05, 0.1) is 17.9 Å². The van der Waals surface area contributed by atoms with Crippen molar-refractivity contribution < 1.29 is 4.79 Å². The molecule has 2 heterocycles. The summed E-state index contributed by atoms with van der Waals surface area (Å²) in [7, 11) is 0. The molecule has 3 aliphatic rings. The van der Waals surface area contributed by atoms with E-state index in [-0.39, 0.29) is 11.3 Å². The van der Waals surface area contributed by atoms with Crippen LogP contribution in [0, 0.1) is 5.92 Å². The van der Waals surface area contributed by atoms with Gasteiger partial charge >= 0.3 is 5.91 Å². The van der Waals surface area contributed by atoms with Crippen LogP contribution in [0.3, 0.4) is 0 Å². The van der Waals surface area contributed by atoms with E-state index in [9.17, 15) is 4.79 Å². The van der Waals surface area contributed by atoms with E-state index in [1.807, 2.05) is 0 Å². The number of nitrogens with zero attached hydrogens (tertiary/aromatic N) is 1. The molecule has 1 N–H and O–H groups in total. The third-order valence-electron chi connectivity index (χ3n) is 7.57. The average molecular weight is 376 g/mol. The molecule has 1 saturated heterocycles. The monoisotopic (exact) mass is 375 g/mol. The van der Waals surface area contributed by atoms with E-state index < -0.39 is 0 Å². The van der Waals surface area contributed by atoms with Crippen LogP contribution in [0.25, 0.3) is 0 Å². The van der Waals surface area contributed by atoms with E-state index >= 15 is 0 Å². The maximum absolute atomic E-state index is 13.9. The molecule has 2 aromatic carbocycles. The predicted molar refractivity (Wildman–Crippen MR) is 114 cm³/mol. The molecule has 3 heteroatoms. The Morgan fingerprint density at radius 3 is 2.43 bits per heavy atom. The van der Waals surface area contributed by atoms with Crippen molar-refractivity contribution in [2.24, 2.45) is 5.92 Å². The van der Waals surface area contributed by atoms with Crippen molar-refractivity contribution in [3.63, 3.8) is 0 Å². The highest BCUT2D eigenvalue weighted by atomic mass is 16.2. The summed E-state index contributed by atoms with van der Waals surface area (Å²) in [6.45, 7) is 3.98. The second-order valence-corrected chi connectivity index (χ2v) is 9.10. The molecule has 1 spiro atoms. The third-order valence-corrected chi connectivity index (χ3v) is 7.57. The quantitative estimate of drug-likeness (QED) is 0.812. The van der Waals surface area contributed by atoms with E-state index in [0.29, 0.717) is 10.4 Å². The molecule has 1 saturated carbocycles. The van der Waals surface area contributed by atoms with Crippen LogP contribution in [0.5, 0.6) is 0 Å². The molecule has 1 amide bonds. The molecule has 1 aliphatic carbocycles. The standard InChI is InChI=1S/C25H31N2O/c28-24(21-9-6-10-21)27(18-13-20-7-2-1-3-8-20)19-25(14-16-26-17-15-25)22-11-4-5-12-23(22)27/h1-5,7-8,11-12,21,26H,6,9-10,13-19H2/q+1. The number of hydrogen-bond donors (Lipinski definition) is 1. The van der Waals surface area contributed by atoms with Crippen LogP contribution in [0.15, 0.2) is 54.6 Å². The first-order valence-corrected chi connectivity index (χ1v) is 11.0.